The monoisotopic (exact) mass is 348 g/mol. The SMILES string of the molecule is CCOc1cc(C(=O)N(C)CC)ccc1OCC(=O)N1CCCCC1. The second-order valence-corrected chi connectivity index (χ2v) is 6.14. The Morgan fingerprint density at radius 1 is 1.08 bits per heavy atom. The molecule has 1 aromatic rings. The van der Waals surface area contributed by atoms with Gasteiger partial charge in [-0.2, -0.15) is 0 Å². The fourth-order valence-corrected chi connectivity index (χ4v) is 2.77. The lowest BCUT2D eigenvalue weighted by Crippen LogP contribution is -2.38. The predicted octanol–water partition coefficient (Wildman–Crippen LogP) is 2.57. The van der Waals surface area contributed by atoms with Gasteiger partial charge in [-0.3, -0.25) is 9.59 Å². The van der Waals surface area contributed by atoms with E-state index in [0.29, 0.717) is 30.2 Å². The molecule has 0 saturated carbocycles. The first-order chi connectivity index (χ1) is 12.1. The smallest absolute Gasteiger partial charge is 0.260 e. The number of hydrogen-bond acceptors (Lipinski definition) is 4. The molecule has 0 aromatic heterocycles. The summed E-state index contributed by atoms with van der Waals surface area (Å²) in [5.41, 5.74) is 0.544. The molecule has 1 aromatic carbocycles. The second-order valence-electron chi connectivity index (χ2n) is 6.14. The Hall–Kier alpha value is -2.24. The standard InChI is InChI=1S/C19H28N2O4/c1-4-20(3)19(23)15-9-10-16(17(13-15)24-5-2)25-14-18(22)21-11-7-6-8-12-21/h9-10,13H,4-8,11-12,14H2,1-3H3. The molecule has 1 fully saturated rings. The van der Waals surface area contributed by atoms with Crippen LogP contribution in [0.25, 0.3) is 0 Å². The highest BCUT2D eigenvalue weighted by molar-refractivity contribution is 5.94. The molecule has 6 heteroatoms. The van der Waals surface area contributed by atoms with E-state index in [1.165, 1.54) is 6.42 Å². The summed E-state index contributed by atoms with van der Waals surface area (Å²) in [4.78, 5) is 28.0. The molecular formula is C19H28N2O4. The summed E-state index contributed by atoms with van der Waals surface area (Å²) < 4.78 is 11.3. The van der Waals surface area contributed by atoms with Gasteiger partial charge in [0.25, 0.3) is 11.8 Å². The predicted molar refractivity (Wildman–Crippen MR) is 96.2 cm³/mol. The van der Waals surface area contributed by atoms with E-state index in [-0.39, 0.29) is 18.4 Å². The van der Waals surface area contributed by atoms with Gasteiger partial charge in [0.2, 0.25) is 0 Å². The second kappa shape index (κ2) is 9.30. The summed E-state index contributed by atoms with van der Waals surface area (Å²) in [5, 5.41) is 0. The number of hydrogen-bond donors (Lipinski definition) is 0. The molecule has 2 amide bonds. The van der Waals surface area contributed by atoms with E-state index >= 15 is 0 Å². The third-order valence-electron chi connectivity index (χ3n) is 4.37. The van der Waals surface area contributed by atoms with E-state index in [2.05, 4.69) is 0 Å². The minimum atomic E-state index is -0.0700. The molecule has 2 rings (SSSR count). The van der Waals surface area contributed by atoms with E-state index in [1.807, 2.05) is 18.7 Å². The van der Waals surface area contributed by atoms with E-state index in [4.69, 9.17) is 9.47 Å². The van der Waals surface area contributed by atoms with Crippen LogP contribution in [0, 0.1) is 0 Å². The van der Waals surface area contributed by atoms with Gasteiger partial charge in [0, 0.05) is 32.2 Å². The molecule has 0 unspecified atom stereocenters. The van der Waals surface area contributed by atoms with Crippen LogP contribution >= 0.6 is 0 Å². The highest BCUT2D eigenvalue weighted by Gasteiger charge is 2.19. The molecule has 0 N–H and O–H groups in total. The van der Waals surface area contributed by atoms with E-state index < -0.39 is 0 Å². The maximum absolute atomic E-state index is 12.3. The van der Waals surface area contributed by atoms with Crippen molar-refractivity contribution in [3.8, 4) is 11.5 Å². The first kappa shape index (κ1) is 19.1. The molecule has 138 valence electrons. The van der Waals surface area contributed by atoms with Crippen LogP contribution in [0.1, 0.15) is 43.5 Å². The molecule has 1 aliphatic rings. The summed E-state index contributed by atoms with van der Waals surface area (Å²) in [6, 6.07) is 5.08. The van der Waals surface area contributed by atoms with Gasteiger partial charge in [-0.1, -0.05) is 0 Å². The van der Waals surface area contributed by atoms with Crippen molar-refractivity contribution in [2.75, 3.05) is 39.9 Å². The number of amides is 2. The molecule has 0 radical (unpaired) electrons. The van der Waals surface area contributed by atoms with Crippen LogP contribution in [0.5, 0.6) is 11.5 Å². The van der Waals surface area contributed by atoms with Crippen molar-refractivity contribution < 1.29 is 19.1 Å². The molecule has 1 saturated heterocycles. The van der Waals surface area contributed by atoms with Crippen molar-refractivity contribution in [2.24, 2.45) is 0 Å². The average molecular weight is 348 g/mol. The largest absolute Gasteiger partial charge is 0.490 e. The molecule has 25 heavy (non-hydrogen) atoms. The third kappa shape index (κ3) is 5.11. The normalized spacial score (nSPS) is 14.1. The number of nitrogens with zero attached hydrogens (tertiary/aromatic N) is 2. The summed E-state index contributed by atoms with van der Waals surface area (Å²) in [7, 11) is 1.75. The van der Waals surface area contributed by atoms with Gasteiger partial charge in [-0.25, -0.2) is 0 Å². The van der Waals surface area contributed by atoms with Crippen molar-refractivity contribution >= 4 is 11.8 Å². The summed E-state index contributed by atoms with van der Waals surface area (Å²) in [6.07, 6.45) is 3.29. The number of piperidine rings is 1. The quantitative estimate of drug-likeness (QED) is 0.760. The van der Waals surface area contributed by atoms with Crippen molar-refractivity contribution in [3.63, 3.8) is 0 Å². The van der Waals surface area contributed by atoms with Crippen molar-refractivity contribution in [2.45, 2.75) is 33.1 Å². The van der Waals surface area contributed by atoms with Crippen LogP contribution in [-0.4, -0.2) is 61.5 Å². The fraction of sp³-hybridized carbons (Fsp3) is 0.579. The molecule has 0 spiro atoms. The van der Waals surface area contributed by atoms with Crippen LogP contribution < -0.4 is 9.47 Å². The zero-order valence-corrected chi connectivity index (χ0v) is 15.4. The van der Waals surface area contributed by atoms with E-state index in [0.717, 1.165) is 25.9 Å². The Balaban J connectivity index is 2.06. The molecule has 1 aliphatic heterocycles. The lowest BCUT2D eigenvalue weighted by atomic mass is 10.1. The maximum atomic E-state index is 12.3. The Labute approximate surface area is 149 Å². The summed E-state index contributed by atoms with van der Waals surface area (Å²) >= 11 is 0. The number of carbonyl (C=O) groups excluding carboxylic acids is 2. The van der Waals surface area contributed by atoms with Crippen molar-refractivity contribution in [3.05, 3.63) is 23.8 Å². The van der Waals surface area contributed by atoms with Crippen molar-refractivity contribution in [1.29, 1.82) is 0 Å². The maximum Gasteiger partial charge on any atom is 0.260 e. The van der Waals surface area contributed by atoms with E-state index in [9.17, 15) is 9.59 Å². The number of ether oxygens (including phenoxy) is 2. The Morgan fingerprint density at radius 2 is 1.80 bits per heavy atom. The van der Waals surface area contributed by atoms with Crippen LogP contribution in [0.15, 0.2) is 18.2 Å². The van der Waals surface area contributed by atoms with Crippen LogP contribution in [0.3, 0.4) is 0 Å². The van der Waals surface area contributed by atoms with Gasteiger partial charge >= 0.3 is 0 Å². The van der Waals surface area contributed by atoms with Gasteiger partial charge in [-0.05, 0) is 51.3 Å². The van der Waals surface area contributed by atoms with Gasteiger partial charge in [0.05, 0.1) is 6.61 Å². The number of rotatable bonds is 7. The number of likely N-dealkylation sites (tertiary alicyclic amines) is 1. The number of carbonyl (C=O) groups is 2. The minimum Gasteiger partial charge on any atom is -0.490 e. The lowest BCUT2D eigenvalue weighted by Gasteiger charge is -2.26. The third-order valence-corrected chi connectivity index (χ3v) is 4.37. The van der Waals surface area contributed by atoms with Crippen LogP contribution in [0.4, 0.5) is 0 Å². The highest BCUT2D eigenvalue weighted by Crippen LogP contribution is 2.29. The minimum absolute atomic E-state index is 0.00647. The molecular weight excluding hydrogens is 320 g/mol. The van der Waals surface area contributed by atoms with Crippen LogP contribution in [0.2, 0.25) is 0 Å². The Bertz CT molecular complexity index is 597. The molecule has 0 bridgehead atoms. The summed E-state index contributed by atoms with van der Waals surface area (Å²) in [6.45, 7) is 6.47. The molecule has 1 heterocycles. The topological polar surface area (TPSA) is 59.1 Å². The Kier molecular flexibility index (Phi) is 7.10. The van der Waals surface area contributed by atoms with Crippen molar-refractivity contribution in [1.82, 2.24) is 9.80 Å². The molecule has 0 atom stereocenters. The first-order valence-electron chi connectivity index (χ1n) is 8.99. The van der Waals surface area contributed by atoms with Crippen LogP contribution in [-0.2, 0) is 4.79 Å². The van der Waals surface area contributed by atoms with Gasteiger partial charge in [-0.15, -0.1) is 0 Å². The van der Waals surface area contributed by atoms with E-state index in [1.54, 1.807) is 30.1 Å². The fourth-order valence-electron chi connectivity index (χ4n) is 2.77. The zero-order valence-electron chi connectivity index (χ0n) is 15.4. The van der Waals surface area contributed by atoms with Gasteiger partial charge in [0.1, 0.15) is 0 Å². The summed E-state index contributed by atoms with van der Waals surface area (Å²) in [5.74, 6) is 0.902. The first-order valence-corrected chi connectivity index (χ1v) is 8.99. The average Bonchev–Trinajstić information content (AvgIpc) is 2.66. The lowest BCUT2D eigenvalue weighted by molar-refractivity contribution is -0.134. The molecule has 0 aliphatic carbocycles. The van der Waals surface area contributed by atoms with Gasteiger partial charge < -0.3 is 19.3 Å². The Morgan fingerprint density at radius 3 is 2.44 bits per heavy atom. The highest BCUT2D eigenvalue weighted by atomic mass is 16.5. The molecule has 6 nitrogen and oxygen atoms in total. The number of benzene rings is 1. The van der Waals surface area contributed by atoms with Gasteiger partial charge in [0.15, 0.2) is 18.1 Å². The zero-order chi connectivity index (χ0) is 18.2.